The highest BCUT2D eigenvalue weighted by molar-refractivity contribution is 5.75. The second-order valence-corrected chi connectivity index (χ2v) is 6.63. The number of rotatable bonds is 4. The lowest BCUT2D eigenvalue weighted by Crippen LogP contribution is -2.45. The number of aliphatic carboxylic acids is 1. The highest BCUT2D eigenvalue weighted by atomic mass is 16.4. The standard InChI is InChI=1S/C16H29NO2/c1-2-14-7-11-17(12-8-14)13-16(15(18)19)9-5-3-4-6-10-16/h14H,2-13H2,1H3,(H,18,19). The predicted molar refractivity (Wildman–Crippen MR) is 77.2 cm³/mol. The molecule has 0 amide bonds. The molecule has 0 aromatic carbocycles. The van der Waals surface area contributed by atoms with Gasteiger partial charge in [0.1, 0.15) is 0 Å². The summed E-state index contributed by atoms with van der Waals surface area (Å²) in [6, 6.07) is 0. The number of carboxylic acids is 1. The Balaban J connectivity index is 1.95. The summed E-state index contributed by atoms with van der Waals surface area (Å²) in [5, 5.41) is 9.72. The topological polar surface area (TPSA) is 40.5 Å². The molecule has 0 aromatic rings. The second-order valence-electron chi connectivity index (χ2n) is 6.63. The fraction of sp³-hybridized carbons (Fsp3) is 0.938. The summed E-state index contributed by atoms with van der Waals surface area (Å²) >= 11 is 0. The van der Waals surface area contributed by atoms with E-state index in [0.29, 0.717) is 0 Å². The first-order valence-corrected chi connectivity index (χ1v) is 8.12. The van der Waals surface area contributed by atoms with Crippen molar-refractivity contribution in [1.29, 1.82) is 0 Å². The van der Waals surface area contributed by atoms with E-state index < -0.39 is 11.4 Å². The van der Waals surface area contributed by atoms with Gasteiger partial charge in [0.25, 0.3) is 0 Å². The number of piperidine rings is 1. The molecule has 0 atom stereocenters. The first-order chi connectivity index (χ1) is 9.16. The van der Waals surface area contributed by atoms with Crippen LogP contribution in [0.3, 0.4) is 0 Å². The van der Waals surface area contributed by atoms with Crippen LogP contribution in [-0.2, 0) is 4.79 Å². The molecular weight excluding hydrogens is 238 g/mol. The van der Waals surface area contributed by atoms with Crippen LogP contribution in [-0.4, -0.2) is 35.6 Å². The fourth-order valence-electron chi connectivity index (χ4n) is 3.83. The van der Waals surface area contributed by atoms with Gasteiger partial charge in [-0.05, 0) is 44.7 Å². The van der Waals surface area contributed by atoms with E-state index >= 15 is 0 Å². The highest BCUT2D eigenvalue weighted by Gasteiger charge is 2.40. The Morgan fingerprint density at radius 3 is 2.21 bits per heavy atom. The number of hydrogen-bond donors (Lipinski definition) is 1. The van der Waals surface area contributed by atoms with E-state index in [1.807, 2.05) is 0 Å². The number of hydrogen-bond acceptors (Lipinski definition) is 2. The highest BCUT2D eigenvalue weighted by Crippen LogP contribution is 2.37. The number of likely N-dealkylation sites (tertiary alicyclic amines) is 1. The van der Waals surface area contributed by atoms with E-state index in [4.69, 9.17) is 0 Å². The van der Waals surface area contributed by atoms with Crippen molar-refractivity contribution in [3.63, 3.8) is 0 Å². The van der Waals surface area contributed by atoms with Crippen LogP contribution < -0.4 is 0 Å². The third-order valence-electron chi connectivity index (χ3n) is 5.33. The van der Waals surface area contributed by atoms with Gasteiger partial charge in [0.2, 0.25) is 0 Å². The van der Waals surface area contributed by atoms with E-state index in [1.165, 1.54) is 32.1 Å². The van der Waals surface area contributed by atoms with Gasteiger partial charge in [-0.15, -0.1) is 0 Å². The summed E-state index contributed by atoms with van der Waals surface area (Å²) < 4.78 is 0. The Hall–Kier alpha value is -0.570. The normalized spacial score (nSPS) is 25.9. The summed E-state index contributed by atoms with van der Waals surface area (Å²) in [4.78, 5) is 14.2. The Morgan fingerprint density at radius 1 is 1.16 bits per heavy atom. The molecule has 19 heavy (non-hydrogen) atoms. The predicted octanol–water partition coefficient (Wildman–Crippen LogP) is 3.53. The monoisotopic (exact) mass is 267 g/mol. The third kappa shape index (κ3) is 3.71. The van der Waals surface area contributed by atoms with Gasteiger partial charge in [-0.25, -0.2) is 0 Å². The number of carbonyl (C=O) groups is 1. The van der Waals surface area contributed by atoms with Crippen molar-refractivity contribution in [1.82, 2.24) is 4.90 Å². The molecule has 3 nitrogen and oxygen atoms in total. The van der Waals surface area contributed by atoms with E-state index in [-0.39, 0.29) is 0 Å². The molecule has 1 aliphatic heterocycles. The lowest BCUT2D eigenvalue weighted by molar-refractivity contribution is -0.151. The molecule has 1 saturated carbocycles. The van der Waals surface area contributed by atoms with Gasteiger partial charge in [-0.1, -0.05) is 39.0 Å². The average Bonchev–Trinajstić information content (AvgIpc) is 2.66. The van der Waals surface area contributed by atoms with Crippen molar-refractivity contribution in [2.75, 3.05) is 19.6 Å². The van der Waals surface area contributed by atoms with Crippen molar-refractivity contribution < 1.29 is 9.90 Å². The number of carboxylic acid groups (broad SMARTS) is 1. The van der Waals surface area contributed by atoms with Crippen molar-refractivity contribution in [3.05, 3.63) is 0 Å². The quantitative estimate of drug-likeness (QED) is 0.792. The van der Waals surface area contributed by atoms with E-state index in [0.717, 1.165) is 51.2 Å². The molecule has 1 heterocycles. The summed E-state index contributed by atoms with van der Waals surface area (Å²) in [7, 11) is 0. The van der Waals surface area contributed by atoms with Crippen LogP contribution in [0.1, 0.15) is 64.7 Å². The molecule has 1 N–H and O–H groups in total. The maximum atomic E-state index is 11.8. The van der Waals surface area contributed by atoms with Crippen LogP contribution in [0.15, 0.2) is 0 Å². The summed E-state index contributed by atoms with van der Waals surface area (Å²) in [5.41, 5.74) is -0.449. The largest absolute Gasteiger partial charge is 0.481 e. The van der Waals surface area contributed by atoms with E-state index in [2.05, 4.69) is 11.8 Å². The Bertz CT molecular complexity index is 287. The molecule has 2 fully saturated rings. The minimum Gasteiger partial charge on any atom is -0.481 e. The average molecular weight is 267 g/mol. The van der Waals surface area contributed by atoms with Gasteiger partial charge in [0, 0.05) is 6.54 Å². The molecular formula is C16H29NO2. The Labute approximate surface area is 117 Å². The molecule has 1 saturated heterocycles. The van der Waals surface area contributed by atoms with Crippen molar-refractivity contribution in [3.8, 4) is 0 Å². The molecule has 0 radical (unpaired) electrons. The summed E-state index contributed by atoms with van der Waals surface area (Å²) in [5.74, 6) is 0.318. The minimum atomic E-state index is -0.549. The molecule has 2 aliphatic rings. The third-order valence-corrected chi connectivity index (χ3v) is 5.33. The zero-order valence-electron chi connectivity index (χ0n) is 12.4. The van der Waals surface area contributed by atoms with Crippen LogP contribution in [0.5, 0.6) is 0 Å². The van der Waals surface area contributed by atoms with Gasteiger partial charge in [-0.3, -0.25) is 4.79 Å². The fourth-order valence-corrected chi connectivity index (χ4v) is 3.83. The molecule has 110 valence electrons. The number of nitrogens with zero attached hydrogens (tertiary/aromatic N) is 1. The van der Waals surface area contributed by atoms with Crippen LogP contribution >= 0.6 is 0 Å². The van der Waals surface area contributed by atoms with Crippen molar-refractivity contribution >= 4 is 5.97 Å². The maximum Gasteiger partial charge on any atom is 0.310 e. The van der Waals surface area contributed by atoms with Crippen LogP contribution in [0.2, 0.25) is 0 Å². The van der Waals surface area contributed by atoms with Crippen LogP contribution in [0.4, 0.5) is 0 Å². The van der Waals surface area contributed by atoms with Gasteiger partial charge >= 0.3 is 5.97 Å². The molecule has 0 spiro atoms. The molecule has 0 unspecified atom stereocenters. The first-order valence-electron chi connectivity index (χ1n) is 8.12. The van der Waals surface area contributed by atoms with E-state index in [1.54, 1.807) is 0 Å². The van der Waals surface area contributed by atoms with Gasteiger partial charge < -0.3 is 10.0 Å². The molecule has 3 heteroatoms. The molecule has 2 rings (SSSR count). The lowest BCUT2D eigenvalue weighted by Gasteiger charge is -2.38. The Kier molecular flexibility index (Phi) is 5.26. The minimum absolute atomic E-state index is 0.449. The first kappa shape index (κ1) is 14.8. The molecule has 0 bridgehead atoms. The molecule has 0 aromatic heterocycles. The van der Waals surface area contributed by atoms with Gasteiger partial charge in [0.15, 0.2) is 0 Å². The van der Waals surface area contributed by atoms with E-state index in [9.17, 15) is 9.90 Å². The van der Waals surface area contributed by atoms with Crippen LogP contribution in [0.25, 0.3) is 0 Å². The SMILES string of the molecule is CCC1CCN(CC2(C(=O)O)CCCCCC2)CC1. The smallest absolute Gasteiger partial charge is 0.310 e. The Morgan fingerprint density at radius 2 is 1.74 bits per heavy atom. The van der Waals surface area contributed by atoms with Crippen LogP contribution in [0, 0.1) is 11.3 Å². The summed E-state index contributed by atoms with van der Waals surface area (Å²) in [6.07, 6.45) is 10.2. The maximum absolute atomic E-state index is 11.8. The van der Waals surface area contributed by atoms with Crippen molar-refractivity contribution in [2.24, 2.45) is 11.3 Å². The summed E-state index contributed by atoms with van der Waals surface area (Å²) in [6.45, 7) is 5.27. The van der Waals surface area contributed by atoms with Crippen molar-refractivity contribution in [2.45, 2.75) is 64.7 Å². The second kappa shape index (κ2) is 6.74. The van der Waals surface area contributed by atoms with Gasteiger partial charge in [0.05, 0.1) is 5.41 Å². The lowest BCUT2D eigenvalue weighted by atomic mass is 9.79. The zero-order valence-corrected chi connectivity index (χ0v) is 12.4. The molecule has 1 aliphatic carbocycles. The van der Waals surface area contributed by atoms with Gasteiger partial charge in [-0.2, -0.15) is 0 Å². The zero-order chi connectivity index (χ0) is 13.7.